The molecule has 0 heterocycles. The molecule has 0 aliphatic carbocycles. The average molecular weight is 233 g/mol. The van der Waals surface area contributed by atoms with E-state index >= 15 is 0 Å². The number of benzene rings is 1. The van der Waals surface area contributed by atoms with Crippen LogP contribution < -0.4 is 0 Å². The van der Waals surface area contributed by atoms with E-state index in [1.807, 2.05) is 0 Å². The first-order chi connectivity index (χ1) is 7.10. The monoisotopic (exact) mass is 232 g/mol. The summed E-state index contributed by atoms with van der Waals surface area (Å²) in [7, 11) is 2.64. The van der Waals surface area contributed by atoms with E-state index in [9.17, 15) is 9.18 Å². The van der Waals surface area contributed by atoms with Gasteiger partial charge in [-0.25, -0.2) is 4.39 Å². The van der Waals surface area contributed by atoms with Crippen molar-refractivity contribution in [3.8, 4) is 0 Å². The maximum Gasteiger partial charge on any atom is 0.222 e. The summed E-state index contributed by atoms with van der Waals surface area (Å²) in [6.45, 7) is 0. The molecule has 0 aliphatic rings. The standard InChI is InChI=1S/C10H10ClFO3/c1-14-10(15-2)9(13)7-5-6(12)3-4-8(7)11/h3-5,10H,1-2H3. The highest BCUT2D eigenvalue weighted by atomic mass is 35.5. The smallest absolute Gasteiger partial charge is 0.222 e. The highest BCUT2D eigenvalue weighted by Gasteiger charge is 2.21. The normalized spacial score (nSPS) is 10.7. The number of carbonyl (C=O) groups excluding carboxylic acids is 1. The molecule has 0 spiro atoms. The molecule has 1 rings (SSSR count). The Bertz CT molecular complexity index is 364. The van der Waals surface area contributed by atoms with Gasteiger partial charge in [0.15, 0.2) is 0 Å². The van der Waals surface area contributed by atoms with Gasteiger partial charge in [0.2, 0.25) is 12.1 Å². The zero-order valence-electron chi connectivity index (χ0n) is 8.29. The summed E-state index contributed by atoms with van der Waals surface area (Å²) in [6.07, 6.45) is -1.07. The molecular formula is C10H10ClFO3. The van der Waals surface area contributed by atoms with Crippen molar-refractivity contribution in [1.82, 2.24) is 0 Å². The SMILES string of the molecule is COC(OC)C(=O)c1cc(F)ccc1Cl. The molecule has 0 amide bonds. The Labute approximate surface area is 91.7 Å². The molecule has 0 bridgehead atoms. The van der Waals surface area contributed by atoms with Crippen molar-refractivity contribution in [2.75, 3.05) is 14.2 Å². The molecule has 0 atom stereocenters. The van der Waals surface area contributed by atoms with Crippen LogP contribution in [-0.4, -0.2) is 26.3 Å². The number of rotatable bonds is 4. The van der Waals surface area contributed by atoms with E-state index in [0.717, 1.165) is 6.07 Å². The van der Waals surface area contributed by atoms with Crippen LogP contribution in [0.2, 0.25) is 5.02 Å². The maximum atomic E-state index is 12.9. The topological polar surface area (TPSA) is 35.5 Å². The van der Waals surface area contributed by atoms with Gasteiger partial charge >= 0.3 is 0 Å². The number of Topliss-reactive ketones (excluding diaryl/α,β-unsaturated/α-hetero) is 1. The lowest BCUT2D eigenvalue weighted by Gasteiger charge is -2.12. The molecule has 1 aromatic carbocycles. The minimum absolute atomic E-state index is 0.0466. The van der Waals surface area contributed by atoms with Gasteiger partial charge in [-0.05, 0) is 18.2 Å². The van der Waals surface area contributed by atoms with E-state index in [1.54, 1.807) is 0 Å². The van der Waals surface area contributed by atoms with Crippen LogP contribution in [0.3, 0.4) is 0 Å². The molecule has 1 aromatic rings. The summed E-state index contributed by atoms with van der Waals surface area (Å²) in [4.78, 5) is 11.7. The van der Waals surface area contributed by atoms with Crippen molar-refractivity contribution in [2.45, 2.75) is 6.29 Å². The van der Waals surface area contributed by atoms with Gasteiger partial charge in [-0.1, -0.05) is 11.6 Å². The molecule has 0 saturated carbocycles. The number of ketones is 1. The molecule has 0 aliphatic heterocycles. The Morgan fingerprint density at radius 3 is 2.53 bits per heavy atom. The summed E-state index contributed by atoms with van der Waals surface area (Å²) in [6, 6.07) is 3.54. The molecule has 5 heteroatoms. The Balaban J connectivity index is 3.04. The van der Waals surface area contributed by atoms with Gasteiger partial charge in [0.25, 0.3) is 0 Å². The van der Waals surface area contributed by atoms with Gasteiger partial charge < -0.3 is 9.47 Å². The molecule has 82 valence electrons. The van der Waals surface area contributed by atoms with Gasteiger partial charge in [-0.15, -0.1) is 0 Å². The van der Waals surface area contributed by atoms with Crippen molar-refractivity contribution >= 4 is 17.4 Å². The van der Waals surface area contributed by atoms with Crippen LogP contribution in [0.1, 0.15) is 10.4 Å². The third kappa shape index (κ3) is 2.75. The first-order valence-electron chi connectivity index (χ1n) is 4.15. The Hall–Kier alpha value is -0.970. The quantitative estimate of drug-likeness (QED) is 0.590. The number of ether oxygens (including phenoxy) is 2. The second-order valence-electron chi connectivity index (χ2n) is 2.79. The third-order valence-electron chi connectivity index (χ3n) is 1.84. The first kappa shape index (κ1) is 12.1. The van der Waals surface area contributed by atoms with Crippen molar-refractivity contribution in [3.05, 3.63) is 34.6 Å². The summed E-state index contributed by atoms with van der Waals surface area (Å²) in [5.74, 6) is -1.04. The number of halogens is 2. The number of hydrogen-bond acceptors (Lipinski definition) is 3. The molecule has 0 N–H and O–H groups in total. The van der Waals surface area contributed by atoms with Crippen molar-refractivity contribution in [1.29, 1.82) is 0 Å². The fourth-order valence-corrected chi connectivity index (χ4v) is 1.33. The van der Waals surface area contributed by atoms with Crippen LogP contribution >= 0.6 is 11.6 Å². The molecule has 15 heavy (non-hydrogen) atoms. The Morgan fingerprint density at radius 1 is 1.40 bits per heavy atom. The summed E-state index contributed by atoms with van der Waals surface area (Å²) >= 11 is 5.75. The summed E-state index contributed by atoms with van der Waals surface area (Å²) in [5.41, 5.74) is 0.0466. The Kier molecular flexibility index (Phi) is 4.20. The summed E-state index contributed by atoms with van der Waals surface area (Å²) in [5, 5.41) is 0.167. The predicted molar refractivity (Wildman–Crippen MR) is 53.5 cm³/mol. The number of methoxy groups -OCH3 is 2. The van der Waals surface area contributed by atoms with Crippen LogP contribution in [-0.2, 0) is 9.47 Å². The maximum absolute atomic E-state index is 12.9. The van der Waals surface area contributed by atoms with E-state index in [-0.39, 0.29) is 10.6 Å². The lowest BCUT2D eigenvalue weighted by atomic mass is 10.1. The minimum atomic E-state index is -1.07. The second kappa shape index (κ2) is 5.21. The summed E-state index contributed by atoms with van der Waals surface area (Å²) < 4.78 is 22.4. The first-order valence-corrected chi connectivity index (χ1v) is 4.52. The van der Waals surface area contributed by atoms with Gasteiger partial charge in [0.05, 0.1) is 5.02 Å². The highest BCUT2D eigenvalue weighted by Crippen LogP contribution is 2.19. The number of carbonyl (C=O) groups is 1. The molecule has 0 unspecified atom stereocenters. The zero-order valence-corrected chi connectivity index (χ0v) is 9.05. The van der Waals surface area contributed by atoms with Crippen LogP contribution in [0.4, 0.5) is 4.39 Å². The molecule has 0 radical (unpaired) electrons. The Morgan fingerprint density at radius 2 is 2.00 bits per heavy atom. The van der Waals surface area contributed by atoms with Crippen molar-refractivity contribution in [2.24, 2.45) is 0 Å². The zero-order chi connectivity index (χ0) is 11.4. The molecule has 0 saturated heterocycles. The lowest BCUT2D eigenvalue weighted by Crippen LogP contribution is -2.25. The van der Waals surface area contributed by atoms with Crippen LogP contribution in [0.5, 0.6) is 0 Å². The fourth-order valence-electron chi connectivity index (χ4n) is 1.12. The van der Waals surface area contributed by atoms with Crippen molar-refractivity contribution in [3.63, 3.8) is 0 Å². The lowest BCUT2D eigenvalue weighted by molar-refractivity contribution is -0.0742. The van der Waals surface area contributed by atoms with Crippen LogP contribution in [0.15, 0.2) is 18.2 Å². The number of hydrogen-bond donors (Lipinski definition) is 0. The van der Waals surface area contributed by atoms with E-state index in [0.29, 0.717) is 0 Å². The van der Waals surface area contributed by atoms with Gasteiger partial charge in [-0.2, -0.15) is 0 Å². The van der Waals surface area contributed by atoms with Gasteiger partial charge in [0.1, 0.15) is 5.82 Å². The van der Waals surface area contributed by atoms with E-state index < -0.39 is 17.9 Å². The molecule has 3 nitrogen and oxygen atoms in total. The molecular weight excluding hydrogens is 223 g/mol. The highest BCUT2D eigenvalue weighted by molar-refractivity contribution is 6.34. The van der Waals surface area contributed by atoms with Crippen LogP contribution in [0.25, 0.3) is 0 Å². The second-order valence-corrected chi connectivity index (χ2v) is 3.20. The van der Waals surface area contributed by atoms with Gasteiger partial charge in [0, 0.05) is 19.8 Å². The molecule has 0 fully saturated rings. The van der Waals surface area contributed by atoms with Crippen molar-refractivity contribution < 1.29 is 18.7 Å². The van der Waals surface area contributed by atoms with E-state index in [2.05, 4.69) is 0 Å². The fraction of sp³-hybridized carbons (Fsp3) is 0.300. The predicted octanol–water partition coefficient (Wildman–Crippen LogP) is 2.28. The average Bonchev–Trinajstić information content (AvgIpc) is 2.23. The third-order valence-corrected chi connectivity index (χ3v) is 2.17. The molecule has 0 aromatic heterocycles. The van der Waals surface area contributed by atoms with Gasteiger partial charge in [-0.3, -0.25) is 4.79 Å². The van der Waals surface area contributed by atoms with E-state index in [1.165, 1.54) is 26.4 Å². The van der Waals surface area contributed by atoms with E-state index in [4.69, 9.17) is 21.1 Å². The van der Waals surface area contributed by atoms with Crippen LogP contribution in [0, 0.1) is 5.82 Å². The minimum Gasteiger partial charge on any atom is -0.349 e. The largest absolute Gasteiger partial charge is 0.349 e.